The first-order valence-corrected chi connectivity index (χ1v) is 9.79. The van der Waals surface area contributed by atoms with Crippen LogP contribution in [0.4, 0.5) is 5.82 Å². The number of nitro groups is 1. The van der Waals surface area contributed by atoms with Crippen LogP contribution in [0, 0.1) is 17.0 Å². The summed E-state index contributed by atoms with van der Waals surface area (Å²) < 4.78 is 10.8. The van der Waals surface area contributed by atoms with Crippen molar-refractivity contribution in [3.63, 3.8) is 0 Å². The highest BCUT2D eigenvalue weighted by Crippen LogP contribution is 2.34. The molecule has 8 heteroatoms. The van der Waals surface area contributed by atoms with Crippen molar-refractivity contribution >= 4 is 22.7 Å². The van der Waals surface area contributed by atoms with Crippen LogP contribution in [0.2, 0.25) is 0 Å². The van der Waals surface area contributed by atoms with E-state index in [9.17, 15) is 14.9 Å². The summed E-state index contributed by atoms with van der Waals surface area (Å²) in [7, 11) is 1.30. The molecule has 0 bridgehead atoms. The molecule has 0 radical (unpaired) electrons. The second-order valence-corrected chi connectivity index (χ2v) is 7.00. The lowest BCUT2D eigenvalue weighted by atomic mass is 9.94. The zero-order valence-electron chi connectivity index (χ0n) is 17.4. The fourth-order valence-corrected chi connectivity index (χ4v) is 3.51. The van der Waals surface area contributed by atoms with E-state index in [1.807, 2.05) is 54.6 Å². The van der Waals surface area contributed by atoms with Crippen molar-refractivity contribution in [1.82, 2.24) is 9.97 Å². The number of hydrogen-bond donors (Lipinski definition) is 0. The molecule has 0 saturated heterocycles. The molecule has 2 aromatic heterocycles. The van der Waals surface area contributed by atoms with Gasteiger partial charge < -0.3 is 19.6 Å². The zero-order valence-corrected chi connectivity index (χ0v) is 17.4. The molecule has 0 aliphatic heterocycles. The topological polar surface area (TPSA) is 104 Å². The minimum Gasteiger partial charge on any atom is -0.479 e. The van der Waals surface area contributed by atoms with Crippen molar-refractivity contribution in [2.45, 2.75) is 13.5 Å². The van der Waals surface area contributed by atoms with Gasteiger partial charge in [0.15, 0.2) is 0 Å². The van der Waals surface area contributed by atoms with Crippen molar-refractivity contribution in [2.75, 3.05) is 7.11 Å². The quantitative estimate of drug-likeness (QED) is 0.244. The largest absolute Gasteiger partial charge is 0.479 e. The molecular weight excluding hydrogens is 410 g/mol. The number of benzene rings is 2. The van der Waals surface area contributed by atoms with Crippen LogP contribution >= 0.6 is 0 Å². The Labute approximate surface area is 183 Å². The van der Waals surface area contributed by atoms with Crippen LogP contribution in [0.1, 0.15) is 21.7 Å². The second-order valence-electron chi connectivity index (χ2n) is 7.00. The number of hydrogen-bond acceptors (Lipinski definition) is 7. The van der Waals surface area contributed by atoms with Gasteiger partial charge in [-0.3, -0.25) is 0 Å². The van der Waals surface area contributed by atoms with Crippen LogP contribution in [0.15, 0.2) is 66.7 Å². The molecule has 160 valence electrons. The highest BCUT2D eigenvalue weighted by molar-refractivity contribution is 6.07. The molecule has 0 unspecified atom stereocenters. The SMILES string of the molecule is COC(=O)c1c(COc2ccc(C)nc2[N+](=O)[O-])nc2ccccc2c1-c1ccccc1. The van der Waals surface area contributed by atoms with E-state index in [-0.39, 0.29) is 17.9 Å². The molecule has 0 spiro atoms. The van der Waals surface area contributed by atoms with Crippen molar-refractivity contribution < 1.29 is 19.2 Å². The van der Waals surface area contributed by atoms with E-state index in [0.717, 1.165) is 10.9 Å². The predicted molar refractivity (Wildman–Crippen MR) is 118 cm³/mol. The van der Waals surface area contributed by atoms with Crippen LogP contribution in [-0.2, 0) is 11.3 Å². The van der Waals surface area contributed by atoms with Crippen LogP contribution in [0.25, 0.3) is 22.0 Å². The lowest BCUT2D eigenvalue weighted by Gasteiger charge is -2.16. The summed E-state index contributed by atoms with van der Waals surface area (Å²) >= 11 is 0. The number of methoxy groups -OCH3 is 1. The molecule has 0 aliphatic rings. The number of para-hydroxylation sites is 1. The number of esters is 1. The minimum absolute atomic E-state index is 0.00682. The van der Waals surface area contributed by atoms with Gasteiger partial charge in [0.2, 0.25) is 5.75 Å². The third-order valence-electron chi connectivity index (χ3n) is 4.94. The molecule has 4 rings (SSSR count). The normalized spacial score (nSPS) is 10.7. The van der Waals surface area contributed by atoms with E-state index < -0.39 is 16.7 Å². The maximum atomic E-state index is 12.9. The Bertz CT molecular complexity index is 1320. The minimum atomic E-state index is -0.604. The summed E-state index contributed by atoms with van der Waals surface area (Å²) in [5.41, 5.74) is 3.20. The molecule has 4 aromatic rings. The van der Waals surface area contributed by atoms with Crippen molar-refractivity contribution in [3.8, 4) is 16.9 Å². The molecule has 8 nitrogen and oxygen atoms in total. The molecule has 32 heavy (non-hydrogen) atoms. The third kappa shape index (κ3) is 3.98. The number of aromatic nitrogens is 2. The molecule has 2 aromatic carbocycles. The fourth-order valence-electron chi connectivity index (χ4n) is 3.51. The number of fused-ring (bicyclic) bond motifs is 1. The summed E-state index contributed by atoms with van der Waals surface area (Å²) in [6, 6.07) is 20.0. The summed E-state index contributed by atoms with van der Waals surface area (Å²) in [6.45, 7) is 1.48. The van der Waals surface area contributed by atoms with Gasteiger partial charge in [-0.2, -0.15) is 0 Å². The fraction of sp³-hybridized carbons (Fsp3) is 0.125. The highest BCUT2D eigenvalue weighted by atomic mass is 16.6. The standard InChI is InChI=1S/C24H19N3O5/c1-15-12-13-20(23(25-15)27(29)30)32-14-19-22(24(28)31-2)21(16-8-4-3-5-9-16)17-10-6-7-11-18(17)26-19/h3-13H,14H2,1-2H3. The lowest BCUT2D eigenvalue weighted by Crippen LogP contribution is -2.13. The maximum Gasteiger partial charge on any atom is 0.406 e. The van der Waals surface area contributed by atoms with Gasteiger partial charge in [0, 0.05) is 17.9 Å². The summed E-state index contributed by atoms with van der Waals surface area (Å²) in [5.74, 6) is -0.974. The molecule has 0 amide bonds. The van der Waals surface area contributed by atoms with Crippen LogP contribution in [0.5, 0.6) is 5.75 Å². The Morgan fingerprint density at radius 2 is 1.72 bits per heavy atom. The first kappa shape index (κ1) is 20.9. The van der Waals surface area contributed by atoms with Crippen molar-refractivity contribution in [2.24, 2.45) is 0 Å². The number of rotatable bonds is 6. The smallest absolute Gasteiger partial charge is 0.406 e. The first-order valence-electron chi connectivity index (χ1n) is 9.79. The van der Waals surface area contributed by atoms with Gasteiger partial charge >= 0.3 is 11.8 Å². The van der Waals surface area contributed by atoms with Crippen LogP contribution in [-0.4, -0.2) is 28.0 Å². The van der Waals surface area contributed by atoms with Gasteiger partial charge in [0.25, 0.3) is 0 Å². The summed E-state index contributed by atoms with van der Waals surface area (Å²) in [6.07, 6.45) is 0. The van der Waals surface area contributed by atoms with Gasteiger partial charge in [-0.15, -0.1) is 0 Å². The molecule has 0 saturated carbocycles. The van der Waals surface area contributed by atoms with E-state index in [0.29, 0.717) is 22.5 Å². The zero-order chi connectivity index (χ0) is 22.7. The lowest BCUT2D eigenvalue weighted by molar-refractivity contribution is -0.390. The number of carbonyl (C=O) groups excluding carboxylic acids is 1. The number of carbonyl (C=O) groups is 1. The maximum absolute atomic E-state index is 12.9. The molecule has 0 atom stereocenters. The number of aryl methyl sites for hydroxylation is 1. The second kappa shape index (κ2) is 8.81. The third-order valence-corrected chi connectivity index (χ3v) is 4.94. The number of ether oxygens (including phenoxy) is 2. The summed E-state index contributed by atoms with van der Waals surface area (Å²) in [4.78, 5) is 32.2. The average molecular weight is 429 g/mol. The van der Waals surface area contributed by atoms with E-state index in [1.165, 1.54) is 13.2 Å². The van der Waals surface area contributed by atoms with E-state index in [1.54, 1.807) is 13.0 Å². The summed E-state index contributed by atoms with van der Waals surface area (Å²) in [5, 5.41) is 12.2. The Kier molecular flexibility index (Phi) is 5.76. The highest BCUT2D eigenvalue weighted by Gasteiger charge is 2.25. The monoisotopic (exact) mass is 429 g/mol. The van der Waals surface area contributed by atoms with Gasteiger partial charge in [0.1, 0.15) is 12.3 Å². The van der Waals surface area contributed by atoms with Gasteiger partial charge in [-0.05, 0) is 33.7 Å². The molecular formula is C24H19N3O5. The Hall–Kier alpha value is -4.33. The van der Waals surface area contributed by atoms with Crippen LogP contribution in [0.3, 0.4) is 0 Å². The Morgan fingerprint density at radius 1 is 1.00 bits per heavy atom. The van der Waals surface area contributed by atoms with Crippen molar-refractivity contribution in [1.29, 1.82) is 0 Å². The van der Waals surface area contributed by atoms with Gasteiger partial charge in [-0.1, -0.05) is 48.5 Å². The van der Waals surface area contributed by atoms with E-state index in [4.69, 9.17) is 9.47 Å². The van der Waals surface area contributed by atoms with Gasteiger partial charge in [-0.25, -0.2) is 9.78 Å². The van der Waals surface area contributed by atoms with Gasteiger partial charge in [0.05, 0.1) is 23.9 Å². The van der Waals surface area contributed by atoms with E-state index in [2.05, 4.69) is 9.97 Å². The molecule has 0 aliphatic carbocycles. The average Bonchev–Trinajstić information content (AvgIpc) is 2.82. The molecule has 2 heterocycles. The van der Waals surface area contributed by atoms with Crippen molar-refractivity contribution in [3.05, 3.63) is 93.8 Å². The van der Waals surface area contributed by atoms with Crippen LogP contribution < -0.4 is 4.74 Å². The first-order chi connectivity index (χ1) is 15.5. The van der Waals surface area contributed by atoms with E-state index >= 15 is 0 Å². The number of pyridine rings is 2. The Balaban J connectivity index is 1.89. The predicted octanol–water partition coefficient (Wildman–Crippen LogP) is 4.88. The molecule has 0 N–H and O–H groups in total. The number of nitrogens with zero attached hydrogens (tertiary/aromatic N) is 3. The molecule has 0 fully saturated rings. The Morgan fingerprint density at radius 3 is 2.44 bits per heavy atom.